The lowest BCUT2D eigenvalue weighted by Crippen LogP contribution is -2.52. The maximum Gasteiger partial charge on any atom is 0.240 e. The second-order valence-electron chi connectivity index (χ2n) is 6.38. The number of rotatable bonds is 6. The summed E-state index contributed by atoms with van der Waals surface area (Å²) in [5.74, 6) is 1.37. The second-order valence-corrected chi connectivity index (χ2v) is 6.38. The first kappa shape index (κ1) is 17.0. The highest BCUT2D eigenvalue weighted by molar-refractivity contribution is 5.82. The Morgan fingerprint density at radius 3 is 2.59 bits per heavy atom. The first-order valence-electron chi connectivity index (χ1n) is 8.12. The van der Waals surface area contributed by atoms with Gasteiger partial charge in [-0.15, -0.1) is 0 Å². The third-order valence-electron chi connectivity index (χ3n) is 4.04. The van der Waals surface area contributed by atoms with E-state index in [9.17, 15) is 4.79 Å². The van der Waals surface area contributed by atoms with E-state index in [0.29, 0.717) is 38.9 Å². The first-order chi connectivity index (χ1) is 10.5. The van der Waals surface area contributed by atoms with Gasteiger partial charge in [0, 0.05) is 31.5 Å². The number of carbonyl (C=O) groups excluding carboxylic acids is 1. The molecule has 1 saturated heterocycles. The Hall–Kier alpha value is -1.40. The Kier molecular flexibility index (Phi) is 5.97. The van der Waals surface area contributed by atoms with Gasteiger partial charge in [-0.2, -0.15) is 0 Å². The molecule has 0 saturated carbocycles. The van der Waals surface area contributed by atoms with Gasteiger partial charge >= 0.3 is 0 Å². The standard InChI is InChI=1S/C16H28N4O2/c1-12(2)15(16(21)19-7-9-22-10-8-19)18-11-14-17-5-6-20(14)13(3)4/h5-6,12-13,15,18H,7-11H2,1-4H3/t15-/m0/s1. The van der Waals surface area contributed by atoms with Crippen LogP contribution < -0.4 is 5.32 Å². The van der Waals surface area contributed by atoms with Crippen LogP contribution in [0.3, 0.4) is 0 Å². The summed E-state index contributed by atoms with van der Waals surface area (Å²) < 4.78 is 7.45. The van der Waals surface area contributed by atoms with E-state index in [2.05, 4.69) is 42.6 Å². The van der Waals surface area contributed by atoms with Crippen LogP contribution in [-0.4, -0.2) is 52.7 Å². The molecular weight excluding hydrogens is 280 g/mol. The summed E-state index contributed by atoms with van der Waals surface area (Å²) in [5.41, 5.74) is 0. The minimum absolute atomic E-state index is 0.168. The van der Waals surface area contributed by atoms with Crippen molar-refractivity contribution in [3.05, 3.63) is 18.2 Å². The minimum atomic E-state index is -0.185. The summed E-state index contributed by atoms with van der Waals surface area (Å²) in [5, 5.41) is 3.40. The number of aromatic nitrogens is 2. The highest BCUT2D eigenvalue weighted by Crippen LogP contribution is 2.11. The van der Waals surface area contributed by atoms with Crippen molar-refractivity contribution in [1.29, 1.82) is 0 Å². The lowest BCUT2D eigenvalue weighted by atomic mass is 10.0. The smallest absolute Gasteiger partial charge is 0.240 e. The molecule has 1 aliphatic heterocycles. The molecule has 0 unspecified atom stereocenters. The summed E-state index contributed by atoms with van der Waals surface area (Å²) >= 11 is 0. The van der Waals surface area contributed by atoms with E-state index in [4.69, 9.17) is 4.74 Å². The van der Waals surface area contributed by atoms with E-state index in [-0.39, 0.29) is 17.9 Å². The van der Waals surface area contributed by atoms with Crippen LogP contribution in [0.5, 0.6) is 0 Å². The number of nitrogens with one attached hydrogen (secondary N) is 1. The number of amides is 1. The van der Waals surface area contributed by atoms with Crippen molar-refractivity contribution >= 4 is 5.91 Å². The lowest BCUT2D eigenvalue weighted by Gasteiger charge is -2.32. The van der Waals surface area contributed by atoms with E-state index in [1.807, 2.05) is 17.3 Å². The van der Waals surface area contributed by atoms with Gasteiger partial charge in [0.2, 0.25) is 5.91 Å². The highest BCUT2D eigenvalue weighted by atomic mass is 16.5. The topological polar surface area (TPSA) is 59.4 Å². The first-order valence-corrected chi connectivity index (χ1v) is 8.12. The van der Waals surface area contributed by atoms with Gasteiger partial charge in [-0.25, -0.2) is 4.98 Å². The van der Waals surface area contributed by atoms with Gasteiger partial charge in [0.25, 0.3) is 0 Å². The van der Waals surface area contributed by atoms with Crippen LogP contribution in [-0.2, 0) is 16.1 Å². The van der Waals surface area contributed by atoms with Crippen LogP contribution in [0.25, 0.3) is 0 Å². The van der Waals surface area contributed by atoms with Crippen LogP contribution in [0.4, 0.5) is 0 Å². The number of imidazole rings is 1. The largest absolute Gasteiger partial charge is 0.378 e. The summed E-state index contributed by atoms with van der Waals surface area (Å²) in [6.45, 7) is 11.6. The molecule has 6 nitrogen and oxygen atoms in total. The Morgan fingerprint density at radius 2 is 2.00 bits per heavy atom. The molecule has 1 aliphatic rings. The highest BCUT2D eigenvalue weighted by Gasteiger charge is 2.28. The molecule has 0 bridgehead atoms. The molecule has 0 spiro atoms. The third-order valence-corrected chi connectivity index (χ3v) is 4.04. The number of carbonyl (C=O) groups is 1. The zero-order chi connectivity index (χ0) is 16.1. The molecule has 0 aliphatic carbocycles. The predicted molar refractivity (Wildman–Crippen MR) is 85.5 cm³/mol. The fourth-order valence-corrected chi connectivity index (χ4v) is 2.74. The molecule has 6 heteroatoms. The number of ether oxygens (including phenoxy) is 1. The van der Waals surface area contributed by atoms with Crippen LogP contribution in [0, 0.1) is 5.92 Å². The quantitative estimate of drug-likeness (QED) is 0.864. The van der Waals surface area contributed by atoms with E-state index < -0.39 is 0 Å². The number of nitrogens with zero attached hydrogens (tertiary/aromatic N) is 3. The molecule has 1 atom stereocenters. The molecule has 2 heterocycles. The lowest BCUT2D eigenvalue weighted by molar-refractivity contribution is -0.138. The monoisotopic (exact) mass is 308 g/mol. The summed E-state index contributed by atoms with van der Waals surface area (Å²) in [6.07, 6.45) is 3.79. The summed E-state index contributed by atoms with van der Waals surface area (Å²) in [6, 6.07) is 0.183. The van der Waals surface area contributed by atoms with Crippen molar-refractivity contribution in [1.82, 2.24) is 19.8 Å². The molecule has 1 aromatic heterocycles. The third kappa shape index (κ3) is 4.08. The van der Waals surface area contributed by atoms with E-state index in [1.54, 1.807) is 0 Å². The van der Waals surface area contributed by atoms with Gasteiger partial charge in [-0.3, -0.25) is 10.1 Å². The number of hydrogen-bond donors (Lipinski definition) is 1. The van der Waals surface area contributed by atoms with Gasteiger partial charge < -0.3 is 14.2 Å². The van der Waals surface area contributed by atoms with Crippen molar-refractivity contribution in [3.63, 3.8) is 0 Å². The maximum absolute atomic E-state index is 12.7. The average molecular weight is 308 g/mol. The van der Waals surface area contributed by atoms with Gasteiger partial charge in [-0.05, 0) is 19.8 Å². The SMILES string of the molecule is CC(C)[C@H](NCc1nccn1C(C)C)C(=O)N1CCOCC1. The van der Waals surface area contributed by atoms with Crippen LogP contribution in [0.15, 0.2) is 12.4 Å². The Bertz CT molecular complexity index is 478. The van der Waals surface area contributed by atoms with Crippen molar-refractivity contribution < 1.29 is 9.53 Å². The van der Waals surface area contributed by atoms with Crippen molar-refractivity contribution in [2.75, 3.05) is 26.3 Å². The maximum atomic E-state index is 12.7. The molecule has 0 aromatic carbocycles. The van der Waals surface area contributed by atoms with Gasteiger partial charge in [0.05, 0.1) is 25.8 Å². The Labute approximate surface area is 132 Å². The van der Waals surface area contributed by atoms with Crippen LogP contribution >= 0.6 is 0 Å². The van der Waals surface area contributed by atoms with Crippen molar-refractivity contribution in [2.45, 2.75) is 46.3 Å². The van der Waals surface area contributed by atoms with Crippen LogP contribution in [0.1, 0.15) is 39.6 Å². The normalized spacial score (nSPS) is 17.3. The number of morpholine rings is 1. The van der Waals surface area contributed by atoms with Gasteiger partial charge in [-0.1, -0.05) is 13.8 Å². The molecular formula is C16H28N4O2. The number of hydrogen-bond acceptors (Lipinski definition) is 4. The molecule has 22 heavy (non-hydrogen) atoms. The van der Waals surface area contributed by atoms with Crippen molar-refractivity contribution in [3.8, 4) is 0 Å². The van der Waals surface area contributed by atoms with E-state index in [0.717, 1.165) is 5.82 Å². The summed E-state index contributed by atoms with van der Waals surface area (Å²) in [7, 11) is 0. The van der Waals surface area contributed by atoms with Crippen LogP contribution in [0.2, 0.25) is 0 Å². The Balaban J connectivity index is 1.99. The molecule has 1 N–H and O–H groups in total. The van der Waals surface area contributed by atoms with Gasteiger partial charge in [0.1, 0.15) is 5.82 Å². The molecule has 1 aromatic rings. The van der Waals surface area contributed by atoms with Gasteiger partial charge in [0.15, 0.2) is 0 Å². The molecule has 1 fully saturated rings. The summed E-state index contributed by atoms with van der Waals surface area (Å²) in [4.78, 5) is 19.0. The molecule has 0 radical (unpaired) electrons. The van der Waals surface area contributed by atoms with E-state index in [1.165, 1.54) is 0 Å². The average Bonchev–Trinajstić information content (AvgIpc) is 2.96. The second kappa shape index (κ2) is 7.74. The fourth-order valence-electron chi connectivity index (χ4n) is 2.74. The fraction of sp³-hybridized carbons (Fsp3) is 0.750. The molecule has 2 rings (SSSR count). The zero-order valence-electron chi connectivity index (χ0n) is 14.1. The molecule has 124 valence electrons. The Morgan fingerprint density at radius 1 is 1.32 bits per heavy atom. The van der Waals surface area contributed by atoms with Crippen molar-refractivity contribution in [2.24, 2.45) is 5.92 Å². The zero-order valence-corrected chi connectivity index (χ0v) is 14.1. The van der Waals surface area contributed by atoms with E-state index >= 15 is 0 Å². The predicted octanol–water partition coefficient (Wildman–Crippen LogP) is 1.44. The minimum Gasteiger partial charge on any atom is -0.378 e. The molecule has 1 amide bonds.